The van der Waals surface area contributed by atoms with Crippen LogP contribution in [0, 0.1) is 0 Å². The predicted octanol–water partition coefficient (Wildman–Crippen LogP) is 19.6. The number of anilines is 3. The highest BCUT2D eigenvalue weighted by Gasteiger charge is 2.46. The number of hydrogen-bond acceptors (Lipinski definition) is 1. The molecule has 1 nitrogen and oxygen atoms in total. The van der Waals surface area contributed by atoms with Crippen molar-refractivity contribution in [1.82, 2.24) is 0 Å². The van der Waals surface area contributed by atoms with Crippen LogP contribution in [0.15, 0.2) is 297 Å². The molecule has 1 aliphatic rings. The van der Waals surface area contributed by atoms with Gasteiger partial charge in [0.2, 0.25) is 0 Å². The summed E-state index contributed by atoms with van der Waals surface area (Å²) in [5, 5.41) is 7.47. The van der Waals surface area contributed by atoms with Gasteiger partial charge in [-0.2, -0.15) is 0 Å². The zero-order chi connectivity index (χ0) is 49.0. The molecule has 0 amide bonds. The molecule has 74 heavy (non-hydrogen) atoms. The maximum Gasteiger partial charge on any atom is 0.0713 e. The van der Waals surface area contributed by atoms with Crippen molar-refractivity contribution in [2.24, 2.45) is 0 Å². The number of fused-ring (bicyclic) bond motifs is 7. The van der Waals surface area contributed by atoms with Crippen molar-refractivity contribution in [3.05, 3.63) is 320 Å². The minimum Gasteiger partial charge on any atom is -0.310 e. The Morgan fingerprint density at radius 3 is 1.43 bits per heavy atom. The molecule has 0 unspecified atom stereocenters. The van der Waals surface area contributed by atoms with E-state index in [-0.39, 0.29) is 0 Å². The average molecular weight is 940 g/mol. The van der Waals surface area contributed by atoms with Gasteiger partial charge in [0.1, 0.15) is 0 Å². The van der Waals surface area contributed by atoms with Crippen LogP contribution in [0.1, 0.15) is 22.3 Å². The van der Waals surface area contributed by atoms with E-state index >= 15 is 0 Å². The van der Waals surface area contributed by atoms with Crippen molar-refractivity contribution < 1.29 is 0 Å². The Balaban J connectivity index is 0.952. The summed E-state index contributed by atoms with van der Waals surface area (Å²) in [4.78, 5) is 2.44. The summed E-state index contributed by atoms with van der Waals surface area (Å²) in [6.07, 6.45) is 0. The van der Waals surface area contributed by atoms with Gasteiger partial charge in [-0.15, -0.1) is 0 Å². The molecule has 13 aromatic carbocycles. The van der Waals surface area contributed by atoms with E-state index in [1.165, 1.54) is 105 Å². The first-order valence-electron chi connectivity index (χ1n) is 25.7. The van der Waals surface area contributed by atoms with Crippen LogP contribution >= 0.6 is 0 Å². The zero-order valence-electron chi connectivity index (χ0n) is 40.7. The number of nitrogens with zero attached hydrogens (tertiary/aromatic N) is 1. The van der Waals surface area contributed by atoms with Gasteiger partial charge < -0.3 is 4.90 Å². The van der Waals surface area contributed by atoms with Gasteiger partial charge in [-0.3, -0.25) is 0 Å². The molecule has 346 valence electrons. The molecule has 0 heterocycles. The van der Waals surface area contributed by atoms with Gasteiger partial charge in [0.05, 0.1) is 5.41 Å². The third-order valence-electron chi connectivity index (χ3n) is 15.5. The second-order valence-electron chi connectivity index (χ2n) is 19.5. The number of benzene rings is 13. The molecule has 14 rings (SSSR count). The molecule has 0 aromatic heterocycles. The fraction of sp³-hybridized carbons (Fsp3) is 0.0137. The van der Waals surface area contributed by atoms with Crippen LogP contribution in [0.5, 0.6) is 0 Å². The van der Waals surface area contributed by atoms with E-state index in [1.54, 1.807) is 0 Å². The third-order valence-corrected chi connectivity index (χ3v) is 15.5. The largest absolute Gasteiger partial charge is 0.310 e. The smallest absolute Gasteiger partial charge is 0.0713 e. The van der Waals surface area contributed by atoms with Gasteiger partial charge in [0.15, 0.2) is 0 Å². The summed E-state index contributed by atoms with van der Waals surface area (Å²) in [6, 6.07) is 110. The Hall–Kier alpha value is -9.56. The summed E-state index contributed by atoms with van der Waals surface area (Å²) >= 11 is 0. The van der Waals surface area contributed by atoms with Crippen molar-refractivity contribution in [1.29, 1.82) is 0 Å². The van der Waals surface area contributed by atoms with Crippen LogP contribution in [-0.2, 0) is 5.41 Å². The molecule has 0 atom stereocenters. The van der Waals surface area contributed by atoms with Crippen LogP contribution in [-0.4, -0.2) is 0 Å². The van der Waals surface area contributed by atoms with E-state index in [4.69, 9.17) is 0 Å². The van der Waals surface area contributed by atoms with Crippen LogP contribution in [0.25, 0.3) is 88.0 Å². The lowest BCUT2D eigenvalue weighted by atomic mass is 9.68. The quantitative estimate of drug-likeness (QED) is 0.130. The predicted molar refractivity (Wildman–Crippen MR) is 313 cm³/mol. The summed E-state index contributed by atoms with van der Waals surface area (Å²) in [7, 11) is 0. The molecule has 0 saturated heterocycles. The van der Waals surface area contributed by atoms with Gasteiger partial charge in [-0.1, -0.05) is 255 Å². The van der Waals surface area contributed by atoms with E-state index in [0.29, 0.717) is 0 Å². The SMILES string of the molecule is c1ccc(-c2c(-c3ccccc3)c3cc(-c4ccc(N(c5cccc(-c6cccc7ccccc67)c5)c5ccc6c(c5)-c5ccccc5C6(c5ccccc5)c5ccccc5)cc4)ccc3c3ccccc23)cc1. The molecule has 0 fully saturated rings. The van der Waals surface area contributed by atoms with E-state index in [2.05, 4.69) is 302 Å². The Morgan fingerprint density at radius 2 is 0.716 bits per heavy atom. The number of hydrogen-bond donors (Lipinski definition) is 0. The van der Waals surface area contributed by atoms with E-state index < -0.39 is 5.41 Å². The molecule has 0 N–H and O–H groups in total. The zero-order valence-corrected chi connectivity index (χ0v) is 40.7. The summed E-state index contributed by atoms with van der Waals surface area (Å²) in [6.45, 7) is 0. The van der Waals surface area contributed by atoms with Crippen molar-refractivity contribution in [2.75, 3.05) is 4.90 Å². The molecule has 0 aliphatic heterocycles. The summed E-state index contributed by atoms with van der Waals surface area (Å²) in [5.74, 6) is 0. The molecule has 1 heteroatoms. The van der Waals surface area contributed by atoms with Crippen LogP contribution in [0.3, 0.4) is 0 Å². The minimum absolute atomic E-state index is 0.484. The Bertz CT molecular complexity index is 4170. The molecule has 1 aliphatic carbocycles. The Labute approximate surface area is 432 Å². The topological polar surface area (TPSA) is 3.24 Å². The maximum absolute atomic E-state index is 2.44. The van der Waals surface area contributed by atoms with Gasteiger partial charge in [-0.25, -0.2) is 0 Å². The van der Waals surface area contributed by atoms with Crippen LogP contribution < -0.4 is 4.90 Å². The molecular formula is C73H49N. The second kappa shape index (κ2) is 17.9. The lowest BCUT2D eigenvalue weighted by molar-refractivity contribution is 0.768. The first-order valence-corrected chi connectivity index (χ1v) is 25.7. The molecular weight excluding hydrogens is 891 g/mol. The van der Waals surface area contributed by atoms with Crippen molar-refractivity contribution in [2.45, 2.75) is 5.41 Å². The normalized spacial score (nSPS) is 12.4. The maximum atomic E-state index is 2.44. The van der Waals surface area contributed by atoms with E-state index in [0.717, 1.165) is 22.6 Å². The van der Waals surface area contributed by atoms with Crippen molar-refractivity contribution >= 4 is 49.4 Å². The van der Waals surface area contributed by atoms with Crippen molar-refractivity contribution in [3.63, 3.8) is 0 Å². The minimum atomic E-state index is -0.484. The Kier molecular flexibility index (Phi) is 10.5. The van der Waals surface area contributed by atoms with Crippen molar-refractivity contribution in [3.8, 4) is 55.6 Å². The first kappa shape index (κ1) is 43.2. The summed E-state index contributed by atoms with van der Waals surface area (Å²) in [5.41, 5.74) is 20.0. The molecule has 13 aromatic rings. The fourth-order valence-corrected chi connectivity index (χ4v) is 12.3. The molecule has 0 bridgehead atoms. The fourth-order valence-electron chi connectivity index (χ4n) is 12.3. The Morgan fingerprint density at radius 1 is 0.230 bits per heavy atom. The average Bonchev–Trinajstić information content (AvgIpc) is 3.78. The molecule has 0 radical (unpaired) electrons. The van der Waals surface area contributed by atoms with Gasteiger partial charge >= 0.3 is 0 Å². The lowest BCUT2D eigenvalue weighted by Crippen LogP contribution is -2.28. The first-order chi connectivity index (χ1) is 36.7. The van der Waals surface area contributed by atoms with E-state index in [9.17, 15) is 0 Å². The monoisotopic (exact) mass is 939 g/mol. The highest BCUT2D eigenvalue weighted by Crippen LogP contribution is 2.57. The molecule has 0 saturated carbocycles. The number of rotatable bonds is 9. The van der Waals surface area contributed by atoms with Gasteiger partial charge in [-0.05, 0) is 153 Å². The third kappa shape index (κ3) is 7.00. The summed E-state index contributed by atoms with van der Waals surface area (Å²) < 4.78 is 0. The van der Waals surface area contributed by atoms with Crippen LogP contribution in [0.4, 0.5) is 17.1 Å². The standard InChI is InChI=1S/C73H49N/c1-5-22-52(23-6-1)71-66-36-16-15-34-63(66)64-45-41-54(48-68(64)72(71)53-24-7-2-8-25-53)50-39-42-58(43-40-50)74(59-32-19-27-55(47-59)62-37-20-26-51-21-13-14-33-61(51)62)60-44-46-70-67(49-60)65-35-17-18-38-69(65)73(70,56-28-9-3-10-29-56)57-30-11-4-12-31-57/h1-49H. The van der Waals surface area contributed by atoms with Gasteiger partial charge in [0, 0.05) is 17.1 Å². The van der Waals surface area contributed by atoms with Crippen LogP contribution in [0.2, 0.25) is 0 Å². The molecule has 0 spiro atoms. The van der Waals surface area contributed by atoms with E-state index in [1.807, 2.05) is 0 Å². The second-order valence-corrected chi connectivity index (χ2v) is 19.5. The highest BCUT2D eigenvalue weighted by atomic mass is 15.1. The van der Waals surface area contributed by atoms with Gasteiger partial charge in [0.25, 0.3) is 0 Å². The highest BCUT2D eigenvalue weighted by molar-refractivity contribution is 6.22. The lowest BCUT2D eigenvalue weighted by Gasteiger charge is -2.34.